The van der Waals surface area contributed by atoms with Crippen molar-refractivity contribution in [3.8, 4) is 0 Å². The maximum Gasteiger partial charge on any atom is 0.322 e. The molecule has 1 aliphatic rings. The molecule has 1 saturated heterocycles. The van der Waals surface area contributed by atoms with Crippen molar-refractivity contribution >= 4 is 17.6 Å². The monoisotopic (exact) mass is 341 g/mol. The summed E-state index contributed by atoms with van der Waals surface area (Å²) in [6, 6.07) is 13.0. The SMILES string of the molecule is CC(=O)N1CCC(N(Cc2ccco2)C(=O)Nc2ccccc2)CC1. The number of hydrogen-bond acceptors (Lipinski definition) is 3. The van der Waals surface area contributed by atoms with Gasteiger partial charge < -0.3 is 19.5 Å². The van der Waals surface area contributed by atoms with Crippen molar-refractivity contribution in [2.45, 2.75) is 32.4 Å². The smallest absolute Gasteiger partial charge is 0.322 e. The van der Waals surface area contributed by atoms with E-state index in [2.05, 4.69) is 5.32 Å². The largest absolute Gasteiger partial charge is 0.467 e. The van der Waals surface area contributed by atoms with Gasteiger partial charge in [-0.3, -0.25) is 4.79 Å². The van der Waals surface area contributed by atoms with Gasteiger partial charge in [-0.15, -0.1) is 0 Å². The number of para-hydroxylation sites is 1. The lowest BCUT2D eigenvalue weighted by atomic mass is 10.0. The van der Waals surface area contributed by atoms with Gasteiger partial charge in [0.2, 0.25) is 5.91 Å². The standard InChI is InChI=1S/C19H23N3O3/c1-15(23)21-11-9-17(10-12-21)22(14-18-8-5-13-25-18)19(24)20-16-6-3-2-4-7-16/h2-8,13,17H,9-12,14H2,1H3,(H,20,24). The summed E-state index contributed by atoms with van der Waals surface area (Å²) < 4.78 is 5.43. The average Bonchev–Trinajstić information content (AvgIpc) is 3.14. The molecule has 6 heteroatoms. The molecule has 1 N–H and O–H groups in total. The maximum atomic E-state index is 12.8. The lowest BCUT2D eigenvalue weighted by molar-refractivity contribution is -0.130. The Morgan fingerprint density at radius 3 is 2.48 bits per heavy atom. The summed E-state index contributed by atoms with van der Waals surface area (Å²) in [7, 11) is 0. The second kappa shape index (κ2) is 7.88. The fourth-order valence-corrected chi connectivity index (χ4v) is 3.15. The lowest BCUT2D eigenvalue weighted by Crippen LogP contribution is -2.49. The first kappa shape index (κ1) is 17.1. The maximum absolute atomic E-state index is 12.8. The Hall–Kier alpha value is -2.76. The number of likely N-dealkylation sites (tertiary alicyclic amines) is 1. The molecule has 2 aromatic rings. The molecule has 6 nitrogen and oxygen atoms in total. The molecule has 25 heavy (non-hydrogen) atoms. The van der Waals surface area contributed by atoms with Gasteiger partial charge in [0.05, 0.1) is 12.8 Å². The molecule has 0 bridgehead atoms. The predicted octanol–water partition coefficient (Wildman–Crippen LogP) is 3.32. The number of amides is 3. The molecule has 0 saturated carbocycles. The van der Waals surface area contributed by atoms with Gasteiger partial charge >= 0.3 is 6.03 Å². The van der Waals surface area contributed by atoms with Crippen molar-refractivity contribution in [1.29, 1.82) is 0 Å². The zero-order valence-electron chi connectivity index (χ0n) is 14.4. The number of furan rings is 1. The minimum absolute atomic E-state index is 0.0735. The van der Waals surface area contributed by atoms with Crippen LogP contribution in [0.15, 0.2) is 53.1 Å². The highest BCUT2D eigenvalue weighted by Crippen LogP contribution is 2.21. The first-order valence-electron chi connectivity index (χ1n) is 8.54. The fraction of sp³-hybridized carbons (Fsp3) is 0.368. The van der Waals surface area contributed by atoms with Crippen LogP contribution in [0.2, 0.25) is 0 Å². The topological polar surface area (TPSA) is 65.8 Å². The van der Waals surface area contributed by atoms with E-state index in [4.69, 9.17) is 4.42 Å². The molecule has 1 aromatic carbocycles. The quantitative estimate of drug-likeness (QED) is 0.928. The van der Waals surface area contributed by atoms with Crippen LogP contribution in [0.25, 0.3) is 0 Å². The van der Waals surface area contributed by atoms with Crippen molar-refractivity contribution in [1.82, 2.24) is 9.80 Å². The summed E-state index contributed by atoms with van der Waals surface area (Å²) in [6.45, 7) is 3.35. The van der Waals surface area contributed by atoms with Crippen LogP contribution in [-0.2, 0) is 11.3 Å². The third-order valence-corrected chi connectivity index (χ3v) is 4.54. The summed E-state index contributed by atoms with van der Waals surface area (Å²) in [5.41, 5.74) is 0.762. The van der Waals surface area contributed by atoms with E-state index in [-0.39, 0.29) is 18.0 Å². The molecule has 0 aliphatic carbocycles. The number of rotatable bonds is 4. The normalized spacial score (nSPS) is 15.0. The second-order valence-electron chi connectivity index (χ2n) is 6.24. The Labute approximate surface area is 147 Å². The zero-order valence-corrected chi connectivity index (χ0v) is 14.4. The minimum atomic E-state index is -0.149. The van der Waals surface area contributed by atoms with E-state index in [1.54, 1.807) is 13.2 Å². The Balaban J connectivity index is 1.71. The third-order valence-electron chi connectivity index (χ3n) is 4.54. The molecule has 0 atom stereocenters. The highest BCUT2D eigenvalue weighted by molar-refractivity contribution is 5.89. The van der Waals surface area contributed by atoms with Crippen LogP contribution in [0.3, 0.4) is 0 Å². The van der Waals surface area contributed by atoms with Crippen LogP contribution < -0.4 is 5.32 Å². The number of piperidine rings is 1. The van der Waals surface area contributed by atoms with Gasteiger partial charge in [0.1, 0.15) is 5.76 Å². The number of carbonyl (C=O) groups is 2. The van der Waals surface area contributed by atoms with Crippen molar-refractivity contribution in [2.75, 3.05) is 18.4 Å². The fourth-order valence-electron chi connectivity index (χ4n) is 3.15. The molecule has 0 unspecified atom stereocenters. The molecule has 1 aromatic heterocycles. The van der Waals surface area contributed by atoms with Gasteiger partial charge in [-0.1, -0.05) is 18.2 Å². The summed E-state index contributed by atoms with van der Waals surface area (Å²) >= 11 is 0. The Bertz CT molecular complexity index is 692. The van der Waals surface area contributed by atoms with Gasteiger partial charge in [-0.2, -0.15) is 0 Å². The summed E-state index contributed by atoms with van der Waals surface area (Å²) in [6.07, 6.45) is 3.14. The van der Waals surface area contributed by atoms with Crippen molar-refractivity contribution in [3.63, 3.8) is 0 Å². The number of nitrogens with one attached hydrogen (secondary N) is 1. The molecule has 2 heterocycles. The first-order chi connectivity index (χ1) is 12.1. The molecular formula is C19H23N3O3. The number of benzene rings is 1. The van der Waals surface area contributed by atoms with E-state index in [0.717, 1.165) is 24.3 Å². The van der Waals surface area contributed by atoms with E-state index in [1.807, 2.05) is 52.3 Å². The van der Waals surface area contributed by atoms with Crippen LogP contribution in [0.1, 0.15) is 25.5 Å². The number of nitrogens with zero attached hydrogens (tertiary/aromatic N) is 2. The van der Waals surface area contributed by atoms with Crippen LogP contribution in [0, 0.1) is 0 Å². The number of urea groups is 1. The second-order valence-corrected chi connectivity index (χ2v) is 6.24. The molecule has 3 rings (SSSR count). The minimum Gasteiger partial charge on any atom is -0.467 e. The van der Waals surface area contributed by atoms with Gasteiger partial charge in [0.15, 0.2) is 0 Å². The molecule has 3 amide bonds. The number of anilines is 1. The first-order valence-corrected chi connectivity index (χ1v) is 8.54. The highest BCUT2D eigenvalue weighted by atomic mass is 16.3. The molecule has 1 aliphatic heterocycles. The number of carbonyl (C=O) groups excluding carboxylic acids is 2. The van der Waals surface area contributed by atoms with E-state index >= 15 is 0 Å². The van der Waals surface area contributed by atoms with Gasteiger partial charge in [0.25, 0.3) is 0 Å². The molecular weight excluding hydrogens is 318 g/mol. The lowest BCUT2D eigenvalue weighted by Gasteiger charge is -2.38. The van der Waals surface area contributed by atoms with Gasteiger partial charge in [-0.25, -0.2) is 4.79 Å². The van der Waals surface area contributed by atoms with Crippen LogP contribution >= 0.6 is 0 Å². The Kier molecular flexibility index (Phi) is 5.38. The van der Waals surface area contributed by atoms with Crippen molar-refractivity contribution in [3.05, 3.63) is 54.5 Å². The zero-order chi connectivity index (χ0) is 17.6. The Morgan fingerprint density at radius 2 is 1.88 bits per heavy atom. The molecule has 132 valence electrons. The van der Waals surface area contributed by atoms with Gasteiger partial charge in [-0.05, 0) is 37.1 Å². The van der Waals surface area contributed by atoms with E-state index in [0.29, 0.717) is 19.6 Å². The molecule has 0 radical (unpaired) electrons. The van der Waals surface area contributed by atoms with Crippen molar-refractivity contribution in [2.24, 2.45) is 0 Å². The van der Waals surface area contributed by atoms with Crippen LogP contribution in [0.5, 0.6) is 0 Å². The van der Waals surface area contributed by atoms with Crippen LogP contribution in [0.4, 0.5) is 10.5 Å². The summed E-state index contributed by atoms with van der Waals surface area (Å²) in [5, 5.41) is 2.95. The van der Waals surface area contributed by atoms with Gasteiger partial charge in [0, 0.05) is 31.7 Å². The summed E-state index contributed by atoms with van der Waals surface area (Å²) in [5.74, 6) is 0.835. The number of hydrogen-bond donors (Lipinski definition) is 1. The molecule has 1 fully saturated rings. The average molecular weight is 341 g/mol. The third kappa shape index (κ3) is 4.41. The van der Waals surface area contributed by atoms with E-state index in [9.17, 15) is 9.59 Å². The predicted molar refractivity (Wildman–Crippen MR) is 95.0 cm³/mol. The Morgan fingerprint density at radius 1 is 1.16 bits per heavy atom. The van der Waals surface area contributed by atoms with Crippen LogP contribution in [-0.4, -0.2) is 40.9 Å². The van der Waals surface area contributed by atoms with E-state index < -0.39 is 0 Å². The summed E-state index contributed by atoms with van der Waals surface area (Å²) in [4.78, 5) is 28.0. The van der Waals surface area contributed by atoms with Crippen molar-refractivity contribution < 1.29 is 14.0 Å². The van der Waals surface area contributed by atoms with E-state index in [1.165, 1.54) is 0 Å². The highest BCUT2D eigenvalue weighted by Gasteiger charge is 2.29. The molecule has 0 spiro atoms.